The number of carbonyl (C=O) groups excluding carboxylic acids is 4. The zero-order chi connectivity index (χ0) is 37.5. The van der Waals surface area contributed by atoms with Gasteiger partial charge in [0.1, 0.15) is 35.5 Å². The lowest BCUT2D eigenvalue weighted by Gasteiger charge is -2.32. The van der Waals surface area contributed by atoms with Crippen molar-refractivity contribution in [1.29, 1.82) is 0 Å². The highest BCUT2D eigenvalue weighted by atomic mass is 32.2. The van der Waals surface area contributed by atoms with E-state index >= 15 is 0 Å². The number of hydrogen-bond donors (Lipinski definition) is 3. The maximum atomic E-state index is 14.5. The number of amides is 4. The Morgan fingerprint density at radius 2 is 1.60 bits per heavy atom. The van der Waals surface area contributed by atoms with Gasteiger partial charge in [0, 0.05) is 23.5 Å². The Kier molecular flexibility index (Phi) is 10.1. The van der Waals surface area contributed by atoms with Gasteiger partial charge in [0.05, 0.1) is 11.8 Å². The van der Waals surface area contributed by atoms with E-state index in [1.807, 2.05) is 62.4 Å². The Morgan fingerprint density at radius 1 is 0.981 bits per heavy atom. The van der Waals surface area contributed by atoms with Crippen LogP contribution in [0.3, 0.4) is 0 Å². The number of carbonyl (C=O) groups is 4. The van der Waals surface area contributed by atoms with Gasteiger partial charge in [-0.2, -0.15) is 0 Å². The van der Waals surface area contributed by atoms with Crippen molar-refractivity contribution in [2.24, 2.45) is 17.0 Å². The minimum Gasteiger partial charge on any atom is -0.446 e. The van der Waals surface area contributed by atoms with E-state index in [-0.39, 0.29) is 31.4 Å². The molecule has 0 radical (unpaired) electrons. The summed E-state index contributed by atoms with van der Waals surface area (Å²) in [5, 5.41) is 9.55. The van der Waals surface area contributed by atoms with Crippen LogP contribution >= 0.6 is 0 Å². The second kappa shape index (κ2) is 14.6. The summed E-state index contributed by atoms with van der Waals surface area (Å²) in [5.41, 5.74) is 2.93. The van der Waals surface area contributed by atoms with Crippen LogP contribution in [0, 0.1) is 11.8 Å². The number of likely N-dealkylation sites (tertiary alicyclic amines) is 1. The molecular weight excluding hydrogens is 699 g/mol. The summed E-state index contributed by atoms with van der Waals surface area (Å²) in [5.74, 6) is -2.79. The van der Waals surface area contributed by atoms with Gasteiger partial charge in [0.2, 0.25) is 21.8 Å². The van der Waals surface area contributed by atoms with E-state index in [1.54, 1.807) is 0 Å². The van der Waals surface area contributed by atoms with E-state index in [0.29, 0.717) is 25.0 Å². The van der Waals surface area contributed by atoms with Gasteiger partial charge in [-0.15, -0.1) is 6.58 Å². The highest BCUT2D eigenvalue weighted by Gasteiger charge is 2.62. The molecule has 0 aromatic heterocycles. The fraction of sp³-hybridized carbons (Fsp3) is 0.513. The number of nitrogens with zero attached hydrogens (tertiary/aromatic N) is 2. The van der Waals surface area contributed by atoms with Crippen LogP contribution in [0.4, 0.5) is 4.79 Å². The average Bonchev–Trinajstić information content (AvgIpc) is 3.99. The number of fused-ring (bicyclic) bond motifs is 3. The molecule has 6 atom stereocenters. The van der Waals surface area contributed by atoms with Gasteiger partial charge >= 0.3 is 6.09 Å². The van der Waals surface area contributed by atoms with E-state index in [4.69, 9.17) is 9.57 Å². The predicted molar refractivity (Wildman–Crippen MR) is 197 cm³/mol. The van der Waals surface area contributed by atoms with Crippen molar-refractivity contribution in [1.82, 2.24) is 20.3 Å². The predicted octanol–water partition coefficient (Wildman–Crippen LogP) is 4.16. The van der Waals surface area contributed by atoms with Gasteiger partial charge in [0.25, 0.3) is 5.91 Å². The second-order valence-corrected chi connectivity index (χ2v) is 17.0. The number of benzene rings is 2. The molecule has 53 heavy (non-hydrogen) atoms. The van der Waals surface area contributed by atoms with Gasteiger partial charge in [-0.3, -0.25) is 19.1 Å². The minimum atomic E-state index is -3.89. The lowest BCUT2D eigenvalue weighted by atomic mass is 9.97. The molecule has 1 saturated heterocycles. The third-order valence-electron chi connectivity index (χ3n) is 11.4. The molecule has 1 heterocycles. The summed E-state index contributed by atoms with van der Waals surface area (Å²) < 4.78 is 33.2. The van der Waals surface area contributed by atoms with Crippen LogP contribution < -0.4 is 15.4 Å². The molecule has 282 valence electrons. The molecule has 1 aliphatic heterocycles. The van der Waals surface area contributed by atoms with Crippen LogP contribution in [0.5, 0.6) is 0 Å². The normalized spacial score (nSPS) is 25.7. The fourth-order valence-electron chi connectivity index (χ4n) is 7.79. The van der Waals surface area contributed by atoms with Crippen LogP contribution in [0.25, 0.3) is 11.1 Å². The SMILES string of the molecule is C=C[C@@H]1C[C@@]1(NC(=O)[C@@H]1C[C@@H](ON=C2c3ccccc3-c3ccccc32)CN1C(=O)[C@@H](NC(=O)OC1CCCC1)C(C)CC)C(=O)NS(=O)(=O)C1CC1. The van der Waals surface area contributed by atoms with E-state index in [2.05, 4.69) is 27.1 Å². The highest BCUT2D eigenvalue weighted by Crippen LogP contribution is 2.45. The highest BCUT2D eigenvalue weighted by molar-refractivity contribution is 7.91. The Hall–Kier alpha value is -4.72. The number of nitrogens with one attached hydrogen (secondary N) is 3. The molecule has 2 aromatic rings. The number of ether oxygens (including phenoxy) is 1. The van der Waals surface area contributed by atoms with Crippen molar-refractivity contribution in [3.8, 4) is 11.1 Å². The van der Waals surface area contributed by atoms with Crippen molar-refractivity contribution in [2.75, 3.05) is 6.54 Å². The number of rotatable bonds is 13. The van der Waals surface area contributed by atoms with Crippen molar-refractivity contribution in [3.05, 3.63) is 72.3 Å². The third-order valence-corrected chi connectivity index (χ3v) is 13.2. The molecule has 7 rings (SSSR count). The van der Waals surface area contributed by atoms with Crippen LogP contribution in [-0.2, 0) is 34.0 Å². The molecule has 13 nitrogen and oxygen atoms in total. The minimum absolute atomic E-state index is 0.0244. The molecule has 14 heteroatoms. The zero-order valence-electron chi connectivity index (χ0n) is 30.1. The van der Waals surface area contributed by atoms with Gasteiger partial charge in [-0.1, -0.05) is 80.0 Å². The van der Waals surface area contributed by atoms with Gasteiger partial charge < -0.3 is 25.1 Å². The summed E-state index contributed by atoms with van der Waals surface area (Å²) >= 11 is 0. The summed E-state index contributed by atoms with van der Waals surface area (Å²) in [7, 11) is -3.89. The Morgan fingerprint density at radius 3 is 2.17 bits per heavy atom. The molecule has 0 bridgehead atoms. The first-order valence-corrected chi connectivity index (χ1v) is 20.2. The number of sulfonamides is 1. The molecule has 5 aliphatic rings. The van der Waals surface area contributed by atoms with Crippen molar-refractivity contribution in [2.45, 2.75) is 107 Å². The first kappa shape index (κ1) is 36.6. The van der Waals surface area contributed by atoms with Gasteiger partial charge in [0.15, 0.2) is 0 Å². The second-order valence-electron chi connectivity index (χ2n) is 15.0. The maximum absolute atomic E-state index is 14.5. The molecule has 2 aromatic carbocycles. The Labute approximate surface area is 310 Å². The zero-order valence-corrected chi connectivity index (χ0v) is 30.9. The van der Waals surface area contributed by atoms with Crippen LogP contribution in [0.2, 0.25) is 0 Å². The van der Waals surface area contributed by atoms with Crippen LogP contribution in [0.1, 0.15) is 82.8 Å². The Bertz CT molecular complexity index is 1890. The monoisotopic (exact) mass is 745 g/mol. The molecule has 3 N–H and O–H groups in total. The number of oxime groups is 1. The standard InChI is InChI=1S/C39H47N5O8S/c1-4-23(3)33(40-38(48)51-25-12-6-7-13-25)36(46)44-22-26(52-42-34-30-16-10-8-14-28(30)29-15-9-11-17-31(29)34)20-32(44)35(45)41-39(21-24(39)5-2)37(47)43-53(49,50)27-18-19-27/h5,8-11,14-17,23-27,32-33H,2,4,6-7,12-13,18-22H2,1,3H3,(H,40,48)(H,41,45)(H,43,47)/t23?,24-,26-,32+,33+,39+/m1/s1. The van der Waals surface area contributed by atoms with Crippen LogP contribution in [-0.4, -0.2) is 84.5 Å². The quantitative estimate of drug-likeness (QED) is 0.173. The van der Waals surface area contributed by atoms with Crippen LogP contribution in [0.15, 0.2) is 66.3 Å². The van der Waals surface area contributed by atoms with E-state index < -0.39 is 68.7 Å². The molecule has 3 saturated carbocycles. The number of hydrogen-bond acceptors (Lipinski definition) is 9. The average molecular weight is 746 g/mol. The lowest BCUT2D eigenvalue weighted by molar-refractivity contribution is -0.142. The summed E-state index contributed by atoms with van der Waals surface area (Å²) in [6, 6.07) is 13.6. The van der Waals surface area contributed by atoms with E-state index in [0.717, 1.165) is 47.9 Å². The third kappa shape index (κ3) is 7.29. The molecule has 4 amide bonds. The summed E-state index contributed by atoms with van der Waals surface area (Å²) in [6.07, 6.45) is 5.05. The van der Waals surface area contributed by atoms with Crippen molar-refractivity contribution < 1.29 is 37.2 Å². The number of alkyl carbamates (subject to hydrolysis) is 1. The molecule has 4 aliphatic carbocycles. The topological polar surface area (TPSA) is 173 Å². The summed E-state index contributed by atoms with van der Waals surface area (Å²) in [4.78, 5) is 62.8. The van der Waals surface area contributed by atoms with E-state index in [9.17, 15) is 27.6 Å². The first-order valence-electron chi connectivity index (χ1n) is 18.7. The molecule has 0 spiro atoms. The first-order chi connectivity index (χ1) is 25.5. The van der Waals surface area contributed by atoms with Crippen molar-refractivity contribution in [3.63, 3.8) is 0 Å². The smallest absolute Gasteiger partial charge is 0.408 e. The maximum Gasteiger partial charge on any atom is 0.408 e. The summed E-state index contributed by atoms with van der Waals surface area (Å²) in [6.45, 7) is 7.51. The van der Waals surface area contributed by atoms with E-state index in [1.165, 1.54) is 11.0 Å². The van der Waals surface area contributed by atoms with Crippen molar-refractivity contribution >= 4 is 39.5 Å². The fourth-order valence-corrected chi connectivity index (χ4v) is 9.15. The molecule has 4 fully saturated rings. The Balaban J connectivity index is 1.15. The molecule has 1 unspecified atom stereocenters. The largest absolute Gasteiger partial charge is 0.446 e. The van der Waals surface area contributed by atoms with Gasteiger partial charge in [-0.05, 0) is 62.0 Å². The molecular formula is C39H47N5O8S. The van der Waals surface area contributed by atoms with Gasteiger partial charge in [-0.25, -0.2) is 13.2 Å². The lowest BCUT2D eigenvalue weighted by Crippen LogP contribution is -2.59.